The minimum atomic E-state index is -0.453. The Labute approximate surface area is 235 Å². The van der Waals surface area contributed by atoms with Gasteiger partial charge in [0.25, 0.3) is 0 Å². The molecule has 0 unspecified atom stereocenters. The zero-order valence-electron chi connectivity index (χ0n) is 21.9. The highest BCUT2D eigenvalue weighted by atomic mass is 32.1. The van der Waals surface area contributed by atoms with Crippen molar-refractivity contribution in [2.45, 2.75) is 27.2 Å². The Hall–Kier alpha value is -5.53. The summed E-state index contributed by atoms with van der Waals surface area (Å²) >= 11 is 1.22. The third-order valence-electron chi connectivity index (χ3n) is 5.13. The van der Waals surface area contributed by atoms with E-state index in [-0.39, 0.29) is 5.91 Å². The molecule has 202 valence electrons. The van der Waals surface area contributed by atoms with Crippen LogP contribution in [0.2, 0.25) is 0 Å². The van der Waals surface area contributed by atoms with Gasteiger partial charge in [-0.2, -0.15) is 20.0 Å². The van der Waals surface area contributed by atoms with Crippen LogP contribution in [-0.4, -0.2) is 26.5 Å². The lowest BCUT2D eigenvalue weighted by Crippen LogP contribution is -2.34. The van der Waals surface area contributed by atoms with Gasteiger partial charge in [-0.05, 0) is 67.3 Å². The lowest BCUT2D eigenvalue weighted by molar-refractivity contribution is -0.118. The molecule has 2 heterocycles. The van der Waals surface area contributed by atoms with Crippen LogP contribution < -0.4 is 27.0 Å². The number of hydrazine groups is 2. The number of aryl methyl sites for hydroxylation is 2. The van der Waals surface area contributed by atoms with Crippen molar-refractivity contribution in [2.24, 2.45) is 0 Å². The number of urea groups is 1. The molecule has 0 spiro atoms. The van der Waals surface area contributed by atoms with Gasteiger partial charge < -0.3 is 5.32 Å². The highest BCUT2D eigenvalue weighted by Gasteiger charge is 2.09. The standard InChI is InChI=1S/C20H18N6O.C7H8N4OS/c1-14-2-4-15(5-3-14)12-18-10-11-19(24-23-18)25-26-20(27)22-17-8-6-16(13-21)7-9-17;1-4-6(3-8)7(11-13-4)10-9-5(2)12/h2-11H,12H2,1H3,(H,24,25)(H2,22,26,27);1-2H3,(H,9,12)(H,10,11). The van der Waals surface area contributed by atoms with Gasteiger partial charge in [-0.1, -0.05) is 29.8 Å². The van der Waals surface area contributed by atoms with Crippen LogP contribution in [0.25, 0.3) is 0 Å². The number of carbonyl (C=O) groups excluding carboxylic acids is 2. The Kier molecular flexibility index (Phi) is 10.5. The van der Waals surface area contributed by atoms with Crippen molar-refractivity contribution in [2.75, 3.05) is 16.2 Å². The Morgan fingerprint density at radius 3 is 2.20 bits per heavy atom. The molecule has 3 amide bonds. The Morgan fingerprint density at radius 1 is 0.875 bits per heavy atom. The van der Waals surface area contributed by atoms with Crippen LogP contribution in [0.3, 0.4) is 0 Å². The minimum absolute atomic E-state index is 0.227. The van der Waals surface area contributed by atoms with Crippen molar-refractivity contribution >= 4 is 40.8 Å². The van der Waals surface area contributed by atoms with E-state index in [9.17, 15) is 9.59 Å². The predicted molar refractivity (Wildman–Crippen MR) is 152 cm³/mol. The average Bonchev–Trinajstić information content (AvgIpc) is 3.32. The van der Waals surface area contributed by atoms with Crippen molar-refractivity contribution in [1.29, 1.82) is 10.5 Å². The smallest absolute Gasteiger partial charge is 0.307 e. The number of nitrogens with zero attached hydrogens (tertiary/aromatic N) is 5. The molecule has 0 fully saturated rings. The van der Waals surface area contributed by atoms with E-state index < -0.39 is 6.03 Å². The number of nitrogens with one attached hydrogen (secondary N) is 5. The van der Waals surface area contributed by atoms with Crippen LogP contribution in [0.15, 0.2) is 60.7 Å². The summed E-state index contributed by atoms with van der Waals surface area (Å²) < 4.78 is 3.95. The third kappa shape index (κ3) is 9.09. The molecule has 5 N–H and O–H groups in total. The van der Waals surface area contributed by atoms with E-state index in [1.54, 1.807) is 37.3 Å². The summed E-state index contributed by atoms with van der Waals surface area (Å²) in [5, 5.41) is 28.3. The molecular weight excluding hydrogens is 528 g/mol. The molecule has 2 aromatic heterocycles. The molecule has 0 saturated heterocycles. The maximum atomic E-state index is 11.9. The zero-order valence-corrected chi connectivity index (χ0v) is 22.8. The number of hydrogen-bond donors (Lipinski definition) is 5. The van der Waals surface area contributed by atoms with Crippen LogP contribution in [-0.2, 0) is 11.2 Å². The van der Waals surface area contributed by atoms with Crippen molar-refractivity contribution in [3.05, 3.63) is 93.5 Å². The monoisotopic (exact) mass is 554 g/mol. The Morgan fingerprint density at radius 2 is 1.60 bits per heavy atom. The van der Waals surface area contributed by atoms with E-state index in [0.717, 1.165) is 16.1 Å². The molecular formula is C27H26N10O2S. The van der Waals surface area contributed by atoms with Gasteiger partial charge in [0, 0.05) is 23.9 Å². The molecule has 40 heavy (non-hydrogen) atoms. The largest absolute Gasteiger partial charge is 0.337 e. The lowest BCUT2D eigenvalue weighted by Gasteiger charge is -2.09. The van der Waals surface area contributed by atoms with Gasteiger partial charge in [0.2, 0.25) is 5.91 Å². The predicted octanol–water partition coefficient (Wildman–Crippen LogP) is 4.18. The molecule has 0 bridgehead atoms. The summed E-state index contributed by atoms with van der Waals surface area (Å²) in [6.07, 6.45) is 0.695. The highest BCUT2D eigenvalue weighted by Crippen LogP contribution is 2.20. The zero-order chi connectivity index (χ0) is 28.9. The van der Waals surface area contributed by atoms with Crippen molar-refractivity contribution in [3.8, 4) is 12.1 Å². The first-order valence-corrected chi connectivity index (χ1v) is 12.6. The minimum Gasteiger partial charge on any atom is -0.307 e. The third-order valence-corrected chi connectivity index (χ3v) is 5.88. The number of rotatable bonds is 7. The molecule has 0 aliphatic heterocycles. The second kappa shape index (κ2) is 14.4. The molecule has 4 aromatic rings. The molecule has 0 atom stereocenters. The van der Waals surface area contributed by atoms with Crippen LogP contribution >= 0.6 is 11.5 Å². The summed E-state index contributed by atoms with van der Waals surface area (Å²) in [5.41, 5.74) is 14.9. The molecule has 0 aliphatic carbocycles. The van der Waals surface area contributed by atoms with E-state index in [1.807, 2.05) is 18.2 Å². The quantitative estimate of drug-likeness (QED) is 0.209. The van der Waals surface area contributed by atoms with E-state index in [1.165, 1.54) is 24.0 Å². The summed E-state index contributed by atoms with van der Waals surface area (Å²) in [6.45, 7) is 5.22. The van der Waals surface area contributed by atoms with Crippen LogP contribution in [0.5, 0.6) is 0 Å². The maximum Gasteiger partial charge on any atom is 0.337 e. The fraction of sp³-hybridized carbons (Fsp3) is 0.148. The van der Waals surface area contributed by atoms with Gasteiger partial charge >= 0.3 is 6.03 Å². The molecule has 0 aliphatic rings. The van der Waals surface area contributed by atoms with Crippen LogP contribution in [0, 0.1) is 36.5 Å². The number of anilines is 3. The highest BCUT2D eigenvalue weighted by molar-refractivity contribution is 7.06. The summed E-state index contributed by atoms with van der Waals surface area (Å²) in [4.78, 5) is 23.2. The fourth-order valence-electron chi connectivity index (χ4n) is 3.08. The first-order chi connectivity index (χ1) is 19.3. The average molecular weight is 555 g/mol. The number of aromatic nitrogens is 3. The van der Waals surface area contributed by atoms with Crippen molar-refractivity contribution in [3.63, 3.8) is 0 Å². The van der Waals surface area contributed by atoms with Crippen molar-refractivity contribution in [1.82, 2.24) is 25.4 Å². The molecule has 2 aromatic carbocycles. The molecule has 0 radical (unpaired) electrons. The summed E-state index contributed by atoms with van der Waals surface area (Å²) in [5.74, 6) is 0.604. The fourth-order valence-corrected chi connectivity index (χ4v) is 3.68. The number of benzene rings is 2. The second-order valence-corrected chi connectivity index (χ2v) is 9.32. The number of nitriles is 2. The van der Waals surface area contributed by atoms with Gasteiger partial charge in [-0.15, -0.1) is 5.10 Å². The van der Waals surface area contributed by atoms with Gasteiger partial charge in [0.05, 0.1) is 17.3 Å². The summed E-state index contributed by atoms with van der Waals surface area (Å²) in [7, 11) is 0. The number of carbonyl (C=O) groups is 2. The Bertz CT molecular complexity index is 1520. The molecule has 0 saturated carbocycles. The van der Waals surface area contributed by atoms with E-state index in [2.05, 4.69) is 72.8 Å². The Balaban J connectivity index is 0.000000285. The van der Waals surface area contributed by atoms with Gasteiger partial charge in [-0.3, -0.25) is 21.1 Å². The van der Waals surface area contributed by atoms with E-state index in [0.29, 0.717) is 34.9 Å². The normalized spacial score (nSPS) is 9.62. The summed E-state index contributed by atoms with van der Waals surface area (Å²) in [6, 6.07) is 22.0. The molecule has 12 nitrogen and oxygen atoms in total. The van der Waals surface area contributed by atoms with Gasteiger partial charge in [-0.25, -0.2) is 10.2 Å². The molecule has 4 rings (SSSR count). The number of amides is 3. The van der Waals surface area contributed by atoms with Crippen LogP contribution in [0.4, 0.5) is 22.1 Å². The van der Waals surface area contributed by atoms with Gasteiger partial charge in [0.15, 0.2) is 11.6 Å². The van der Waals surface area contributed by atoms with Gasteiger partial charge in [0.1, 0.15) is 11.6 Å². The second-order valence-electron chi connectivity index (χ2n) is 8.35. The SMILES string of the molecule is CC(=O)NNc1nsc(C)c1C#N.Cc1ccc(Cc2ccc(NNC(=O)Nc3ccc(C#N)cc3)nn2)cc1. The first kappa shape index (κ1) is 29.0. The first-order valence-electron chi connectivity index (χ1n) is 11.9. The lowest BCUT2D eigenvalue weighted by atomic mass is 10.1. The molecule has 13 heteroatoms. The van der Waals surface area contributed by atoms with Crippen LogP contribution in [0.1, 0.15) is 39.7 Å². The maximum absolute atomic E-state index is 11.9. The van der Waals surface area contributed by atoms with Crippen molar-refractivity contribution < 1.29 is 9.59 Å². The topological polar surface area (TPSA) is 181 Å². The van der Waals surface area contributed by atoms with E-state index in [4.69, 9.17) is 10.5 Å². The van der Waals surface area contributed by atoms with E-state index >= 15 is 0 Å². The number of hydrogen-bond acceptors (Lipinski definition) is 10.